The largest absolute Gasteiger partial charge is 0.352 e. The fourth-order valence-corrected chi connectivity index (χ4v) is 2.47. The fourth-order valence-electron chi connectivity index (χ4n) is 2.16. The molecule has 0 aliphatic carbocycles. The number of imidazole rings is 1. The fraction of sp³-hybridized carbons (Fsp3) is 0.500. The van der Waals surface area contributed by atoms with E-state index in [9.17, 15) is 0 Å². The van der Waals surface area contributed by atoms with E-state index in [0.717, 1.165) is 29.4 Å². The van der Waals surface area contributed by atoms with Crippen molar-refractivity contribution >= 4 is 17.4 Å². The molecule has 2 rings (SSSR count). The number of aryl methyl sites for hydroxylation is 3. The Hall–Kier alpha value is -1.49. The van der Waals surface area contributed by atoms with Crippen molar-refractivity contribution in [3.8, 4) is 0 Å². The van der Waals surface area contributed by atoms with E-state index >= 15 is 0 Å². The van der Waals surface area contributed by atoms with Crippen LogP contribution in [0.25, 0.3) is 0 Å². The molecule has 0 saturated carbocycles. The van der Waals surface area contributed by atoms with E-state index in [1.807, 2.05) is 43.5 Å². The summed E-state index contributed by atoms with van der Waals surface area (Å²) in [6, 6.07) is 0. The molecule has 0 saturated heterocycles. The maximum atomic E-state index is 6.01. The molecule has 0 aliphatic heterocycles. The highest BCUT2D eigenvalue weighted by Crippen LogP contribution is 2.24. The number of aromatic nitrogens is 4. The minimum Gasteiger partial charge on any atom is -0.352 e. The Labute approximate surface area is 112 Å². The molecule has 0 spiro atoms. The van der Waals surface area contributed by atoms with Crippen molar-refractivity contribution < 1.29 is 0 Å². The molecule has 0 radical (unpaired) electrons. The minimum absolute atomic E-state index is 0.472. The molecule has 2 aromatic heterocycles. The van der Waals surface area contributed by atoms with Gasteiger partial charge in [-0.15, -0.1) is 11.6 Å². The SMILES string of the molecule is Cc1nn(C)c(N(C)Cc2nccn2C)c1CCl. The molecule has 0 bridgehead atoms. The van der Waals surface area contributed by atoms with Crippen LogP contribution in [-0.2, 0) is 26.5 Å². The Balaban J connectivity index is 2.29. The van der Waals surface area contributed by atoms with Gasteiger partial charge in [-0.2, -0.15) is 5.10 Å². The van der Waals surface area contributed by atoms with Crippen LogP contribution in [0.3, 0.4) is 0 Å². The van der Waals surface area contributed by atoms with Crippen molar-refractivity contribution in [3.63, 3.8) is 0 Å². The smallest absolute Gasteiger partial charge is 0.131 e. The van der Waals surface area contributed by atoms with Crippen LogP contribution in [0.5, 0.6) is 0 Å². The highest BCUT2D eigenvalue weighted by molar-refractivity contribution is 6.17. The van der Waals surface area contributed by atoms with Gasteiger partial charge < -0.3 is 9.47 Å². The second-order valence-electron chi connectivity index (χ2n) is 4.46. The number of alkyl halides is 1. The molecule has 5 nitrogen and oxygen atoms in total. The van der Waals surface area contributed by atoms with Gasteiger partial charge in [-0.25, -0.2) is 4.98 Å². The topological polar surface area (TPSA) is 38.9 Å². The monoisotopic (exact) mass is 267 g/mol. The van der Waals surface area contributed by atoms with Gasteiger partial charge in [-0.1, -0.05) is 0 Å². The molecule has 0 aliphatic rings. The maximum Gasteiger partial charge on any atom is 0.131 e. The molecule has 0 N–H and O–H groups in total. The lowest BCUT2D eigenvalue weighted by molar-refractivity contribution is 0.700. The molecular weight excluding hydrogens is 250 g/mol. The van der Waals surface area contributed by atoms with E-state index in [4.69, 9.17) is 11.6 Å². The Morgan fingerprint density at radius 1 is 1.39 bits per heavy atom. The van der Waals surface area contributed by atoms with Gasteiger partial charge in [0.1, 0.15) is 11.6 Å². The van der Waals surface area contributed by atoms with E-state index in [0.29, 0.717) is 5.88 Å². The third-order valence-corrected chi connectivity index (χ3v) is 3.38. The van der Waals surface area contributed by atoms with E-state index in [2.05, 4.69) is 15.0 Å². The molecule has 2 heterocycles. The average Bonchev–Trinajstić information content (AvgIpc) is 2.82. The second-order valence-corrected chi connectivity index (χ2v) is 4.72. The summed E-state index contributed by atoms with van der Waals surface area (Å²) in [6.45, 7) is 2.71. The highest BCUT2D eigenvalue weighted by Gasteiger charge is 2.17. The Morgan fingerprint density at radius 3 is 2.67 bits per heavy atom. The van der Waals surface area contributed by atoms with Gasteiger partial charge in [0.2, 0.25) is 0 Å². The predicted molar refractivity (Wildman–Crippen MR) is 72.8 cm³/mol. The molecule has 18 heavy (non-hydrogen) atoms. The van der Waals surface area contributed by atoms with Crippen molar-refractivity contribution in [2.75, 3.05) is 11.9 Å². The van der Waals surface area contributed by atoms with Crippen molar-refractivity contribution in [2.24, 2.45) is 14.1 Å². The van der Waals surface area contributed by atoms with Crippen LogP contribution in [0.1, 0.15) is 17.1 Å². The normalized spacial score (nSPS) is 10.9. The molecule has 0 aromatic carbocycles. The predicted octanol–water partition coefficient (Wildman–Crippen LogP) is 1.84. The summed E-state index contributed by atoms with van der Waals surface area (Å²) < 4.78 is 3.89. The first kappa shape index (κ1) is 13.0. The van der Waals surface area contributed by atoms with Crippen LogP contribution in [0.4, 0.5) is 5.82 Å². The summed E-state index contributed by atoms with van der Waals surface area (Å²) >= 11 is 6.01. The molecule has 0 amide bonds. The van der Waals surface area contributed by atoms with Gasteiger partial charge in [0.05, 0.1) is 18.1 Å². The van der Waals surface area contributed by atoms with E-state index in [1.54, 1.807) is 6.20 Å². The lowest BCUT2D eigenvalue weighted by atomic mass is 10.2. The van der Waals surface area contributed by atoms with Crippen molar-refractivity contribution in [1.29, 1.82) is 0 Å². The summed E-state index contributed by atoms with van der Waals surface area (Å²) in [5, 5.41) is 4.42. The van der Waals surface area contributed by atoms with Crippen molar-refractivity contribution in [1.82, 2.24) is 19.3 Å². The zero-order valence-electron chi connectivity index (χ0n) is 11.2. The van der Waals surface area contributed by atoms with E-state index in [-0.39, 0.29) is 0 Å². The van der Waals surface area contributed by atoms with Gasteiger partial charge >= 0.3 is 0 Å². The lowest BCUT2D eigenvalue weighted by Crippen LogP contribution is -2.22. The minimum atomic E-state index is 0.472. The van der Waals surface area contributed by atoms with E-state index < -0.39 is 0 Å². The van der Waals surface area contributed by atoms with Crippen LogP contribution in [0.2, 0.25) is 0 Å². The number of nitrogens with zero attached hydrogens (tertiary/aromatic N) is 5. The summed E-state index contributed by atoms with van der Waals surface area (Å²) in [6.07, 6.45) is 3.75. The summed E-state index contributed by atoms with van der Waals surface area (Å²) in [7, 11) is 5.96. The van der Waals surface area contributed by atoms with Crippen LogP contribution < -0.4 is 4.90 Å². The first-order valence-electron chi connectivity index (χ1n) is 5.80. The first-order valence-corrected chi connectivity index (χ1v) is 6.33. The van der Waals surface area contributed by atoms with Crippen molar-refractivity contribution in [3.05, 3.63) is 29.5 Å². The number of hydrogen-bond acceptors (Lipinski definition) is 3. The van der Waals surface area contributed by atoms with E-state index in [1.165, 1.54) is 0 Å². The molecule has 0 unspecified atom stereocenters. The van der Waals surface area contributed by atoms with Gasteiger partial charge in [0.15, 0.2) is 0 Å². The average molecular weight is 268 g/mol. The Bertz CT molecular complexity index is 543. The summed E-state index contributed by atoms with van der Waals surface area (Å²) in [4.78, 5) is 6.46. The Kier molecular flexibility index (Phi) is 3.61. The summed E-state index contributed by atoms with van der Waals surface area (Å²) in [5.74, 6) is 2.53. The number of rotatable bonds is 4. The zero-order chi connectivity index (χ0) is 13.3. The number of hydrogen-bond donors (Lipinski definition) is 0. The highest BCUT2D eigenvalue weighted by atomic mass is 35.5. The number of anilines is 1. The van der Waals surface area contributed by atoms with Crippen LogP contribution in [-0.4, -0.2) is 26.4 Å². The van der Waals surface area contributed by atoms with Crippen LogP contribution in [0, 0.1) is 6.92 Å². The standard InChI is InChI=1S/C12H18ClN5/c1-9-10(7-13)12(18(4)15-9)17(3)8-11-14-5-6-16(11)2/h5-6H,7-8H2,1-4H3. The summed E-state index contributed by atoms with van der Waals surface area (Å²) in [5.41, 5.74) is 2.06. The zero-order valence-corrected chi connectivity index (χ0v) is 11.9. The third-order valence-electron chi connectivity index (χ3n) is 3.11. The Morgan fingerprint density at radius 2 is 2.11 bits per heavy atom. The second kappa shape index (κ2) is 5.02. The first-order chi connectivity index (χ1) is 8.54. The quantitative estimate of drug-likeness (QED) is 0.794. The van der Waals surface area contributed by atoms with Gasteiger partial charge in [-0.05, 0) is 6.92 Å². The molecule has 0 atom stereocenters. The van der Waals surface area contributed by atoms with Crippen molar-refractivity contribution in [2.45, 2.75) is 19.3 Å². The molecule has 6 heteroatoms. The van der Waals surface area contributed by atoms with Gasteiger partial charge in [0.25, 0.3) is 0 Å². The maximum absolute atomic E-state index is 6.01. The lowest BCUT2D eigenvalue weighted by Gasteiger charge is -2.20. The van der Waals surface area contributed by atoms with Crippen LogP contribution >= 0.6 is 11.6 Å². The third kappa shape index (κ3) is 2.22. The molecular formula is C12H18ClN5. The van der Waals surface area contributed by atoms with Crippen LogP contribution in [0.15, 0.2) is 12.4 Å². The number of halogens is 1. The molecule has 0 fully saturated rings. The molecule has 2 aromatic rings. The van der Waals surface area contributed by atoms with Gasteiger partial charge in [0, 0.05) is 39.1 Å². The van der Waals surface area contributed by atoms with Gasteiger partial charge in [-0.3, -0.25) is 4.68 Å². The molecule has 98 valence electrons.